The Morgan fingerprint density at radius 1 is 1.23 bits per heavy atom. The topological polar surface area (TPSA) is 49.9 Å². The van der Waals surface area contributed by atoms with Crippen LogP contribution in [0.5, 0.6) is 0 Å². The summed E-state index contributed by atoms with van der Waals surface area (Å²) in [4.78, 5) is 0. The minimum atomic E-state index is -3.59. The Balaban J connectivity index is 2.19. The highest BCUT2D eigenvalue weighted by molar-refractivity contribution is 7.86. The molecule has 0 saturated carbocycles. The van der Waals surface area contributed by atoms with Crippen LogP contribution < -0.4 is 0 Å². The largest absolute Gasteiger partial charge is 0.373 e. The van der Waals surface area contributed by atoms with Crippen LogP contribution in [0.25, 0.3) is 0 Å². The van der Waals surface area contributed by atoms with E-state index >= 15 is 0 Å². The molecule has 1 saturated heterocycles. The van der Waals surface area contributed by atoms with E-state index in [4.69, 9.17) is 4.74 Å². The second-order valence-corrected chi connectivity index (χ2v) is 7.81. The molecule has 3 unspecified atom stereocenters. The lowest BCUT2D eigenvalue weighted by Gasteiger charge is -2.37. The molecule has 3 atom stereocenters. The van der Waals surface area contributed by atoms with Gasteiger partial charge in [0, 0.05) is 26.2 Å². The summed E-state index contributed by atoms with van der Waals surface area (Å²) in [5, 5.41) is 0. The molecule has 2 rings (SSSR count). The number of hydrogen-bond donors (Lipinski definition) is 0. The average molecular weight is 330 g/mol. The summed E-state index contributed by atoms with van der Waals surface area (Å²) in [5.74, 6) is -0.336. The highest BCUT2D eigenvalue weighted by Gasteiger charge is 2.35. The van der Waals surface area contributed by atoms with Gasteiger partial charge in [-0.2, -0.15) is 17.0 Å². The van der Waals surface area contributed by atoms with E-state index in [1.807, 2.05) is 13.8 Å². The second kappa shape index (κ2) is 6.62. The van der Waals surface area contributed by atoms with Crippen molar-refractivity contribution in [2.24, 2.45) is 0 Å². The van der Waals surface area contributed by atoms with Gasteiger partial charge in [0.1, 0.15) is 5.82 Å². The lowest BCUT2D eigenvalue weighted by atomic mass is 10.1. The van der Waals surface area contributed by atoms with Gasteiger partial charge < -0.3 is 4.74 Å². The third kappa shape index (κ3) is 3.65. The van der Waals surface area contributed by atoms with Gasteiger partial charge in [0.15, 0.2) is 0 Å². The SMILES string of the molecule is CC1CN(S(=O)(=O)N(C)C(C)c2ccc(F)cc2)CC(C)O1. The van der Waals surface area contributed by atoms with E-state index in [0.717, 1.165) is 5.56 Å². The highest BCUT2D eigenvalue weighted by atomic mass is 32.2. The maximum absolute atomic E-state index is 13.0. The van der Waals surface area contributed by atoms with Crippen molar-refractivity contribution in [3.63, 3.8) is 0 Å². The van der Waals surface area contributed by atoms with Gasteiger partial charge in [-0.15, -0.1) is 0 Å². The Morgan fingerprint density at radius 2 is 1.73 bits per heavy atom. The maximum Gasteiger partial charge on any atom is 0.282 e. The smallest absolute Gasteiger partial charge is 0.282 e. The van der Waals surface area contributed by atoms with Crippen LogP contribution in [0.4, 0.5) is 4.39 Å². The minimum Gasteiger partial charge on any atom is -0.373 e. The molecule has 0 aliphatic carbocycles. The molecule has 5 nitrogen and oxygen atoms in total. The Hall–Kier alpha value is -1.02. The van der Waals surface area contributed by atoms with Crippen LogP contribution in [0.3, 0.4) is 0 Å². The lowest BCUT2D eigenvalue weighted by molar-refractivity contribution is -0.0455. The molecule has 0 aromatic heterocycles. The number of hydrogen-bond acceptors (Lipinski definition) is 3. The molecule has 124 valence electrons. The van der Waals surface area contributed by atoms with Crippen LogP contribution in [-0.4, -0.2) is 49.4 Å². The van der Waals surface area contributed by atoms with E-state index in [9.17, 15) is 12.8 Å². The number of nitrogens with zero attached hydrogens (tertiary/aromatic N) is 2. The van der Waals surface area contributed by atoms with Gasteiger partial charge >= 0.3 is 0 Å². The van der Waals surface area contributed by atoms with Crippen molar-refractivity contribution in [2.45, 2.75) is 39.0 Å². The molecule has 0 amide bonds. The number of ether oxygens (including phenoxy) is 1. The molecule has 1 aromatic rings. The first kappa shape index (κ1) is 17.3. The zero-order valence-electron chi connectivity index (χ0n) is 13.4. The molecule has 1 fully saturated rings. The van der Waals surface area contributed by atoms with Crippen molar-refractivity contribution in [3.8, 4) is 0 Å². The summed E-state index contributed by atoms with van der Waals surface area (Å²) < 4.78 is 46.9. The van der Waals surface area contributed by atoms with Crippen LogP contribution in [0.1, 0.15) is 32.4 Å². The fourth-order valence-corrected chi connectivity index (χ4v) is 4.33. The molecule has 1 aliphatic heterocycles. The summed E-state index contributed by atoms with van der Waals surface area (Å²) in [6.45, 7) is 6.20. The Labute approximate surface area is 131 Å². The van der Waals surface area contributed by atoms with Crippen molar-refractivity contribution in [1.29, 1.82) is 0 Å². The van der Waals surface area contributed by atoms with E-state index in [1.54, 1.807) is 26.1 Å². The number of rotatable bonds is 4. The molecule has 1 heterocycles. The van der Waals surface area contributed by atoms with Crippen LogP contribution in [0, 0.1) is 5.82 Å². The van der Waals surface area contributed by atoms with Crippen molar-refractivity contribution in [1.82, 2.24) is 8.61 Å². The van der Waals surface area contributed by atoms with Crippen LogP contribution in [0.2, 0.25) is 0 Å². The molecule has 0 radical (unpaired) electrons. The third-order valence-electron chi connectivity index (χ3n) is 3.97. The van der Waals surface area contributed by atoms with Crippen molar-refractivity contribution < 1.29 is 17.5 Å². The van der Waals surface area contributed by atoms with Crippen molar-refractivity contribution in [2.75, 3.05) is 20.1 Å². The molecule has 0 spiro atoms. The Morgan fingerprint density at radius 3 is 2.23 bits per heavy atom. The van der Waals surface area contributed by atoms with Gasteiger partial charge in [-0.1, -0.05) is 12.1 Å². The fraction of sp³-hybridized carbons (Fsp3) is 0.600. The van der Waals surface area contributed by atoms with Crippen LogP contribution >= 0.6 is 0 Å². The third-order valence-corrected chi connectivity index (χ3v) is 5.97. The Kier molecular flexibility index (Phi) is 5.21. The molecule has 0 bridgehead atoms. The predicted octanol–water partition coefficient (Wildman–Crippen LogP) is 2.17. The average Bonchev–Trinajstić information content (AvgIpc) is 2.45. The van der Waals surface area contributed by atoms with Crippen LogP contribution in [-0.2, 0) is 14.9 Å². The van der Waals surface area contributed by atoms with Crippen molar-refractivity contribution in [3.05, 3.63) is 35.6 Å². The number of halogens is 1. The van der Waals surface area contributed by atoms with Gasteiger partial charge in [0.25, 0.3) is 10.2 Å². The molecule has 1 aromatic carbocycles. The maximum atomic E-state index is 13.0. The molecule has 1 aliphatic rings. The summed E-state index contributed by atoms with van der Waals surface area (Å²) in [5.41, 5.74) is 0.752. The molecule has 7 heteroatoms. The fourth-order valence-electron chi connectivity index (χ4n) is 2.65. The molecular weight excluding hydrogens is 307 g/mol. The van der Waals surface area contributed by atoms with Crippen LogP contribution in [0.15, 0.2) is 24.3 Å². The Bertz CT molecular complexity index is 596. The van der Waals surface area contributed by atoms with E-state index < -0.39 is 10.2 Å². The summed E-state index contributed by atoms with van der Waals surface area (Å²) >= 11 is 0. The summed E-state index contributed by atoms with van der Waals surface area (Å²) in [6.07, 6.45) is -0.263. The van der Waals surface area contributed by atoms with E-state index in [-0.39, 0.29) is 24.1 Å². The van der Waals surface area contributed by atoms with Gasteiger partial charge in [0.05, 0.1) is 12.2 Å². The van der Waals surface area contributed by atoms with Crippen molar-refractivity contribution >= 4 is 10.2 Å². The predicted molar refractivity (Wildman–Crippen MR) is 83.1 cm³/mol. The normalized spacial score (nSPS) is 25.4. The standard InChI is InChI=1S/C15H23FN2O3S/c1-11-9-18(10-12(2)21-11)22(19,20)17(4)13(3)14-5-7-15(16)8-6-14/h5-8,11-13H,9-10H2,1-4H3. The first-order chi connectivity index (χ1) is 10.2. The van der Waals surface area contributed by atoms with Gasteiger partial charge in [-0.25, -0.2) is 4.39 Å². The van der Waals surface area contributed by atoms with Gasteiger partial charge in [-0.05, 0) is 38.5 Å². The minimum absolute atomic E-state index is 0.131. The zero-order valence-corrected chi connectivity index (χ0v) is 14.2. The lowest BCUT2D eigenvalue weighted by Crippen LogP contribution is -2.52. The van der Waals surface area contributed by atoms with E-state index in [2.05, 4.69) is 0 Å². The van der Waals surface area contributed by atoms with E-state index in [0.29, 0.717) is 13.1 Å². The second-order valence-electron chi connectivity index (χ2n) is 5.83. The summed E-state index contributed by atoms with van der Waals surface area (Å²) in [7, 11) is -2.04. The molecule has 0 N–H and O–H groups in total. The quantitative estimate of drug-likeness (QED) is 0.850. The summed E-state index contributed by atoms with van der Waals surface area (Å²) in [6, 6.07) is 5.52. The molecular formula is C15H23FN2O3S. The van der Waals surface area contributed by atoms with Gasteiger partial charge in [0.2, 0.25) is 0 Å². The first-order valence-corrected chi connectivity index (χ1v) is 8.75. The highest BCUT2D eigenvalue weighted by Crippen LogP contribution is 2.25. The number of benzene rings is 1. The first-order valence-electron chi connectivity index (χ1n) is 7.36. The number of morpholine rings is 1. The van der Waals surface area contributed by atoms with Gasteiger partial charge in [-0.3, -0.25) is 0 Å². The molecule has 22 heavy (non-hydrogen) atoms. The zero-order chi connectivity index (χ0) is 16.5. The van der Waals surface area contributed by atoms with E-state index in [1.165, 1.54) is 20.7 Å². The monoisotopic (exact) mass is 330 g/mol.